The molecular formula is C6H11IO5. The molecule has 4 atom stereocenters. The van der Waals surface area contributed by atoms with E-state index < -0.39 is 24.6 Å². The summed E-state index contributed by atoms with van der Waals surface area (Å²) in [6.45, 7) is 0.235. The topological polar surface area (TPSA) is 68.2 Å². The predicted octanol–water partition coefficient (Wildman–Crippen LogP) is -0.554. The molecule has 0 spiro atoms. The second-order valence-corrected chi connectivity index (χ2v) is 3.16. The molecule has 0 radical (unpaired) electrons. The second kappa shape index (κ2) is 4.68. The highest BCUT2D eigenvalue weighted by Gasteiger charge is 2.42. The summed E-state index contributed by atoms with van der Waals surface area (Å²) < 4.78 is 14.7. The zero-order chi connectivity index (χ0) is 9.14. The Hall–Kier alpha value is 0.530. The van der Waals surface area contributed by atoms with Crippen LogP contribution in [-0.2, 0) is 12.5 Å². The van der Waals surface area contributed by atoms with E-state index in [2.05, 4.69) is 0 Å². The number of hydrogen-bond acceptors (Lipinski definition) is 5. The molecule has 0 bridgehead atoms. The fraction of sp³-hybridized carbons (Fsp3) is 1.00. The van der Waals surface area contributed by atoms with Crippen molar-refractivity contribution in [2.45, 2.75) is 24.6 Å². The van der Waals surface area contributed by atoms with E-state index in [1.54, 1.807) is 23.0 Å². The fourth-order valence-corrected chi connectivity index (χ4v) is 1.46. The van der Waals surface area contributed by atoms with Gasteiger partial charge in [0.25, 0.3) is 0 Å². The van der Waals surface area contributed by atoms with Gasteiger partial charge in [-0.05, 0) is 0 Å². The summed E-state index contributed by atoms with van der Waals surface area (Å²) >= 11 is 1.70. The lowest BCUT2D eigenvalue weighted by atomic mass is 10.1. The maximum absolute atomic E-state index is 9.35. The monoisotopic (exact) mass is 290 g/mol. The Labute approximate surface area is 84.3 Å². The van der Waals surface area contributed by atoms with Gasteiger partial charge in [0.05, 0.1) is 6.61 Å². The van der Waals surface area contributed by atoms with Crippen molar-refractivity contribution in [1.82, 2.24) is 0 Å². The van der Waals surface area contributed by atoms with Crippen molar-refractivity contribution in [2.24, 2.45) is 0 Å². The Balaban J connectivity index is 2.48. The highest BCUT2D eigenvalue weighted by atomic mass is 127. The highest BCUT2D eigenvalue weighted by molar-refractivity contribution is 14.1. The van der Waals surface area contributed by atoms with Crippen molar-refractivity contribution in [1.29, 1.82) is 0 Å². The Kier molecular flexibility index (Phi) is 4.14. The maximum Gasteiger partial charge on any atom is 0.186 e. The van der Waals surface area contributed by atoms with Crippen LogP contribution in [0.15, 0.2) is 0 Å². The molecule has 0 aliphatic carbocycles. The number of aliphatic hydroxyl groups excluding tert-OH is 2. The summed E-state index contributed by atoms with van der Waals surface area (Å²) in [6, 6.07) is 0. The molecule has 0 amide bonds. The summed E-state index contributed by atoms with van der Waals surface area (Å²) in [4.78, 5) is 0. The van der Waals surface area contributed by atoms with E-state index in [1.165, 1.54) is 7.11 Å². The molecule has 2 N–H and O–H groups in total. The first-order chi connectivity index (χ1) is 5.70. The van der Waals surface area contributed by atoms with Gasteiger partial charge in [-0.2, -0.15) is 0 Å². The standard InChI is InChI=1S/C6H11IO5/c1-10-6-5(9)4(8)3(12-6)2-11-7/h3-6,8-9H,2H2,1H3/t3-,4-,5-,6?/m1/s1. The van der Waals surface area contributed by atoms with Gasteiger partial charge in [-0.3, -0.25) is 0 Å². The van der Waals surface area contributed by atoms with E-state index in [-0.39, 0.29) is 6.61 Å². The molecular weight excluding hydrogens is 279 g/mol. The van der Waals surface area contributed by atoms with Crippen LogP contribution >= 0.6 is 23.0 Å². The Morgan fingerprint density at radius 3 is 2.50 bits per heavy atom. The van der Waals surface area contributed by atoms with E-state index in [9.17, 15) is 10.2 Å². The minimum atomic E-state index is -0.994. The number of rotatable bonds is 3. The molecule has 0 aromatic heterocycles. The van der Waals surface area contributed by atoms with Crippen LogP contribution in [0.25, 0.3) is 0 Å². The van der Waals surface area contributed by atoms with Crippen LogP contribution in [0.4, 0.5) is 0 Å². The number of methoxy groups -OCH3 is 1. The van der Waals surface area contributed by atoms with Gasteiger partial charge in [-0.15, -0.1) is 0 Å². The van der Waals surface area contributed by atoms with Crippen LogP contribution in [0.3, 0.4) is 0 Å². The molecule has 12 heavy (non-hydrogen) atoms. The van der Waals surface area contributed by atoms with Gasteiger partial charge in [0.2, 0.25) is 0 Å². The van der Waals surface area contributed by atoms with Crippen LogP contribution in [-0.4, -0.2) is 48.5 Å². The predicted molar refractivity (Wildman–Crippen MR) is 47.7 cm³/mol. The van der Waals surface area contributed by atoms with Crippen LogP contribution in [0, 0.1) is 0 Å². The third-order valence-electron chi connectivity index (χ3n) is 1.78. The summed E-state index contributed by atoms with van der Waals surface area (Å²) in [5, 5.41) is 18.6. The van der Waals surface area contributed by atoms with Crippen LogP contribution in [0.2, 0.25) is 0 Å². The molecule has 5 nitrogen and oxygen atoms in total. The first-order valence-electron chi connectivity index (χ1n) is 3.48. The van der Waals surface area contributed by atoms with Crippen molar-refractivity contribution in [3.05, 3.63) is 0 Å². The minimum Gasteiger partial charge on any atom is -0.387 e. The molecule has 1 saturated heterocycles. The largest absolute Gasteiger partial charge is 0.387 e. The van der Waals surface area contributed by atoms with E-state index in [0.717, 1.165) is 0 Å². The summed E-state index contributed by atoms with van der Waals surface area (Å²) in [5.74, 6) is 0. The van der Waals surface area contributed by atoms with Crippen LogP contribution in [0.1, 0.15) is 0 Å². The number of halogens is 1. The van der Waals surface area contributed by atoms with E-state index in [4.69, 9.17) is 12.5 Å². The average Bonchev–Trinajstić information content (AvgIpc) is 2.33. The first-order valence-corrected chi connectivity index (χ1v) is 4.36. The van der Waals surface area contributed by atoms with Gasteiger partial charge in [0, 0.05) is 7.11 Å². The molecule has 0 saturated carbocycles. The molecule has 0 aromatic carbocycles. The van der Waals surface area contributed by atoms with Gasteiger partial charge in [0.15, 0.2) is 6.29 Å². The summed E-state index contributed by atoms with van der Waals surface area (Å²) in [7, 11) is 1.41. The van der Waals surface area contributed by atoms with Crippen LogP contribution < -0.4 is 0 Å². The molecule has 1 aliphatic heterocycles. The number of hydrogen-bond donors (Lipinski definition) is 2. The second-order valence-electron chi connectivity index (χ2n) is 2.54. The third-order valence-corrected chi connectivity index (χ3v) is 2.14. The van der Waals surface area contributed by atoms with Crippen molar-refractivity contribution in [2.75, 3.05) is 13.7 Å². The van der Waals surface area contributed by atoms with Gasteiger partial charge in [-0.25, -0.2) is 0 Å². The van der Waals surface area contributed by atoms with E-state index >= 15 is 0 Å². The zero-order valence-electron chi connectivity index (χ0n) is 6.51. The Bertz CT molecular complexity index is 144. The van der Waals surface area contributed by atoms with Gasteiger partial charge in [-0.1, -0.05) is 0 Å². The average molecular weight is 290 g/mol. The van der Waals surface area contributed by atoms with Crippen molar-refractivity contribution >= 4 is 23.0 Å². The Morgan fingerprint density at radius 2 is 2.08 bits per heavy atom. The molecule has 1 unspecified atom stereocenters. The summed E-state index contributed by atoms with van der Waals surface area (Å²) in [5.41, 5.74) is 0. The first kappa shape index (κ1) is 10.6. The molecule has 6 heteroatoms. The normalized spacial score (nSPS) is 42.0. The minimum absolute atomic E-state index is 0.235. The molecule has 0 aromatic rings. The quantitative estimate of drug-likeness (QED) is 0.682. The van der Waals surface area contributed by atoms with Gasteiger partial charge >= 0.3 is 0 Å². The molecule has 1 aliphatic rings. The number of aliphatic hydroxyl groups is 2. The summed E-state index contributed by atoms with van der Waals surface area (Å²) in [6.07, 6.45) is -3.20. The van der Waals surface area contributed by atoms with Crippen molar-refractivity contribution in [3.8, 4) is 0 Å². The smallest absolute Gasteiger partial charge is 0.186 e. The maximum atomic E-state index is 9.35. The number of ether oxygens (including phenoxy) is 2. The third kappa shape index (κ3) is 2.06. The molecule has 1 fully saturated rings. The zero-order valence-corrected chi connectivity index (χ0v) is 8.67. The van der Waals surface area contributed by atoms with Gasteiger partial charge < -0.3 is 22.8 Å². The lowest BCUT2D eigenvalue weighted by Gasteiger charge is -2.11. The highest BCUT2D eigenvalue weighted by Crippen LogP contribution is 2.22. The van der Waals surface area contributed by atoms with Crippen molar-refractivity contribution in [3.63, 3.8) is 0 Å². The van der Waals surface area contributed by atoms with Gasteiger partial charge in [0.1, 0.15) is 41.3 Å². The lowest BCUT2D eigenvalue weighted by molar-refractivity contribution is -0.150. The molecule has 1 heterocycles. The van der Waals surface area contributed by atoms with Crippen LogP contribution in [0.5, 0.6) is 0 Å². The van der Waals surface area contributed by atoms with Crippen molar-refractivity contribution < 1.29 is 22.8 Å². The van der Waals surface area contributed by atoms with E-state index in [1.807, 2.05) is 0 Å². The molecule has 1 rings (SSSR count). The lowest BCUT2D eigenvalue weighted by Crippen LogP contribution is -2.34. The fourth-order valence-electron chi connectivity index (χ4n) is 1.11. The molecule has 72 valence electrons. The Morgan fingerprint density at radius 1 is 1.42 bits per heavy atom. The van der Waals surface area contributed by atoms with E-state index in [0.29, 0.717) is 0 Å². The SMILES string of the molecule is COC1O[C@H](COI)[C@@H](O)[C@H]1O.